The Hall–Kier alpha value is -7.27. The summed E-state index contributed by atoms with van der Waals surface area (Å²) in [4.78, 5) is 32.5. The third kappa shape index (κ3) is 19.6. The fraction of sp³-hybridized carbons (Fsp3) is 0.500. The van der Waals surface area contributed by atoms with Gasteiger partial charge in [-0.1, -0.05) is 32.1 Å². The Bertz CT molecular complexity index is 3390. The molecule has 7 heterocycles. The van der Waals surface area contributed by atoms with E-state index in [-0.39, 0.29) is 51.2 Å². The number of nitrogens with two attached hydrogens (primary N) is 1. The van der Waals surface area contributed by atoms with E-state index in [0.29, 0.717) is 93.0 Å². The molecule has 0 saturated carbocycles. The van der Waals surface area contributed by atoms with Crippen LogP contribution in [0.1, 0.15) is 195 Å². The predicted molar refractivity (Wildman–Crippen MR) is 321 cm³/mol. The summed E-state index contributed by atoms with van der Waals surface area (Å²) >= 11 is 0. The maximum absolute atomic E-state index is 13.4. The van der Waals surface area contributed by atoms with E-state index in [1.807, 2.05) is 47.6 Å². The second-order valence-corrected chi connectivity index (χ2v) is 26.6. The zero-order chi connectivity index (χ0) is 63.2. The molecule has 0 aliphatic carbocycles. The van der Waals surface area contributed by atoms with Gasteiger partial charge in [0, 0.05) is 36.6 Å². The van der Waals surface area contributed by atoms with E-state index in [4.69, 9.17) is 46.8 Å². The molecule has 2 aliphatic rings. The van der Waals surface area contributed by atoms with Gasteiger partial charge < -0.3 is 46.8 Å². The molecule has 7 aromatic rings. The fourth-order valence-electron chi connectivity index (χ4n) is 9.13. The summed E-state index contributed by atoms with van der Waals surface area (Å²) in [6.07, 6.45) is 22.0. The highest BCUT2D eigenvalue weighted by Gasteiger charge is 2.43. The number of ketones is 1. The molecule has 5 aromatic heterocycles. The van der Waals surface area contributed by atoms with Gasteiger partial charge in [0.1, 0.15) is 53.5 Å². The van der Waals surface area contributed by atoms with Crippen LogP contribution in [0, 0.1) is 34.3 Å². The van der Waals surface area contributed by atoms with Crippen molar-refractivity contribution in [1.29, 1.82) is 10.5 Å². The van der Waals surface area contributed by atoms with Gasteiger partial charge in [0.25, 0.3) is 17.7 Å². The van der Waals surface area contributed by atoms with Crippen LogP contribution in [0.3, 0.4) is 0 Å². The SMILES string of the molecule is CC(C)(C)[S@@](=O)N=CCCCCCC1(c2ncco2)OCCO1.CC(C)(C)[S@@](=O)N[C@@H](CCCCCC1(c2ncco2)OCCO1)c1oc(-c2ccc(F)cc2)nc1C#N.N#Cc1nc(-c2ccc(F)cc2)oc1[C@@H](N)CCCCCC(=O)c1ncco1. The van der Waals surface area contributed by atoms with E-state index in [1.54, 1.807) is 30.7 Å². The number of ether oxygens (including phenoxy) is 4. The van der Waals surface area contributed by atoms with Crippen molar-refractivity contribution in [3.05, 3.63) is 138 Å². The topological polar surface area (TPSA) is 316 Å². The Kier molecular flexibility index (Phi) is 25.4. The van der Waals surface area contributed by atoms with Crippen molar-refractivity contribution in [3.63, 3.8) is 0 Å². The Balaban J connectivity index is 0.000000194. The van der Waals surface area contributed by atoms with Crippen molar-refractivity contribution >= 4 is 34.0 Å². The second-order valence-electron chi connectivity index (χ2n) is 22.6. The molecule has 0 amide bonds. The Morgan fingerprint density at radius 1 is 0.659 bits per heavy atom. The summed E-state index contributed by atoms with van der Waals surface area (Å²) in [6, 6.07) is 14.4. The van der Waals surface area contributed by atoms with Crippen molar-refractivity contribution < 1.29 is 63.0 Å². The van der Waals surface area contributed by atoms with Gasteiger partial charge in [-0.2, -0.15) is 24.9 Å². The highest BCUT2D eigenvalue weighted by atomic mass is 32.2. The van der Waals surface area contributed by atoms with Gasteiger partial charge in [0.2, 0.25) is 29.1 Å². The summed E-state index contributed by atoms with van der Waals surface area (Å²) < 4.78 is 108. The zero-order valence-electron chi connectivity index (χ0n) is 50.4. The molecule has 2 saturated heterocycles. The molecule has 0 unspecified atom stereocenters. The lowest BCUT2D eigenvalue weighted by atomic mass is 10.0. The number of rotatable bonds is 28. The molecule has 0 radical (unpaired) electrons. The minimum absolute atomic E-state index is 0.110. The molecule has 0 bridgehead atoms. The monoisotopic (exact) mass is 1250 g/mol. The smallest absolute Gasteiger partial charge is 0.263 e. The van der Waals surface area contributed by atoms with Crippen LogP contribution >= 0.6 is 0 Å². The third-order valence-corrected chi connectivity index (χ3v) is 16.8. The number of hydrogen-bond acceptors (Lipinski definition) is 20. The van der Waals surface area contributed by atoms with Crippen LogP contribution in [0.5, 0.6) is 0 Å². The summed E-state index contributed by atoms with van der Waals surface area (Å²) in [7, 11) is -2.57. The third-order valence-electron chi connectivity index (χ3n) is 13.8. The fourth-order valence-corrected chi connectivity index (χ4v) is 10.5. The van der Waals surface area contributed by atoms with Crippen LogP contribution < -0.4 is 10.5 Å². The highest BCUT2D eigenvalue weighted by molar-refractivity contribution is 7.85. The zero-order valence-corrected chi connectivity index (χ0v) is 52.0. The van der Waals surface area contributed by atoms with E-state index >= 15 is 0 Å². The Morgan fingerprint density at radius 3 is 1.61 bits per heavy atom. The van der Waals surface area contributed by atoms with E-state index in [2.05, 4.69) is 40.1 Å². The molecular formula is C62H76F2N10O12S2. The van der Waals surface area contributed by atoms with Crippen LogP contribution in [0.2, 0.25) is 0 Å². The first-order chi connectivity index (χ1) is 42.2. The predicted octanol–water partition coefficient (Wildman–Crippen LogP) is 12.8. The number of oxazole rings is 5. The molecule has 88 heavy (non-hydrogen) atoms. The standard InChI is InChI=1S/C26H31FN4O5S.C20H19FN4O3.C16H26N2O4S/c1-25(2,3)37(32)31-20(22-21(17-28)30-23(36-22)18-8-10-19(27)11-9-18)7-5-4-6-12-26(34-15-16-35-26)24-29-13-14-33-24;21-14-8-6-13(7-9-14)19-25-16(12-22)18(28-19)15(23)4-2-1-3-5-17(26)20-24-10-11-27-20;1-15(2,3)23(19)18-9-7-5-4-6-8-16(21-12-13-22-16)14-17-10-11-20-14/h8-11,13-14,20,31H,4-7,12,15-16H2,1-3H3;6-11,15H,1-5,23H2;9-11H,4-8,12-13H2,1-3H3/t20-,37+;15-;23-/m001/s1. The summed E-state index contributed by atoms with van der Waals surface area (Å²) in [5, 5.41) is 19.0. The molecule has 0 spiro atoms. The van der Waals surface area contributed by atoms with Crippen molar-refractivity contribution in [2.24, 2.45) is 10.1 Å². The molecule has 4 atom stereocenters. The average molecular weight is 1260 g/mol. The van der Waals surface area contributed by atoms with Crippen LogP contribution in [-0.2, 0) is 52.5 Å². The maximum atomic E-state index is 13.4. The maximum Gasteiger partial charge on any atom is 0.263 e. The Labute approximate surface area is 515 Å². The number of benzene rings is 2. The number of carbonyl (C=O) groups excluding carboxylic acids is 1. The van der Waals surface area contributed by atoms with Gasteiger partial charge in [-0.3, -0.25) is 4.79 Å². The minimum atomic E-state index is -1.41. The van der Waals surface area contributed by atoms with E-state index in [0.717, 1.165) is 64.2 Å². The molecule has 2 aromatic carbocycles. The number of nitrogens with one attached hydrogen (secondary N) is 1. The highest BCUT2D eigenvalue weighted by Crippen LogP contribution is 2.38. The van der Waals surface area contributed by atoms with Crippen molar-refractivity contribution in [2.75, 3.05) is 26.4 Å². The lowest BCUT2D eigenvalue weighted by molar-refractivity contribution is -0.187. The van der Waals surface area contributed by atoms with Crippen molar-refractivity contribution in [3.8, 4) is 35.0 Å². The van der Waals surface area contributed by atoms with Crippen LogP contribution in [0.15, 0.2) is 112 Å². The van der Waals surface area contributed by atoms with Crippen molar-refractivity contribution in [1.82, 2.24) is 29.6 Å². The molecule has 472 valence electrons. The average Bonchev–Trinajstić information content (AvgIpc) is 3.40. The lowest BCUT2D eigenvalue weighted by Crippen LogP contribution is -2.36. The van der Waals surface area contributed by atoms with E-state index in [9.17, 15) is 32.5 Å². The van der Waals surface area contributed by atoms with Gasteiger partial charge in [0.15, 0.2) is 22.9 Å². The number of hydrogen-bond donors (Lipinski definition) is 2. The quantitative estimate of drug-likeness (QED) is 0.0261. The van der Waals surface area contributed by atoms with Gasteiger partial charge in [-0.15, -0.1) is 0 Å². The molecule has 9 rings (SSSR count). The van der Waals surface area contributed by atoms with Gasteiger partial charge >= 0.3 is 0 Å². The van der Waals surface area contributed by atoms with Crippen LogP contribution in [0.4, 0.5) is 8.78 Å². The molecule has 3 N–H and O–H groups in total. The normalized spacial score (nSPS) is 16.0. The van der Waals surface area contributed by atoms with Gasteiger partial charge in [-0.05, 0) is 135 Å². The Morgan fingerprint density at radius 2 is 1.14 bits per heavy atom. The minimum Gasteiger partial charge on any atom is -0.444 e. The largest absolute Gasteiger partial charge is 0.444 e. The first-order valence-corrected chi connectivity index (χ1v) is 31.5. The number of halogens is 2. The molecular weight excluding hydrogens is 1180 g/mol. The molecule has 22 nitrogen and oxygen atoms in total. The first kappa shape index (κ1) is 68.2. The summed E-state index contributed by atoms with van der Waals surface area (Å²) in [6.45, 7) is 13.4. The van der Waals surface area contributed by atoms with Gasteiger partial charge in [0.05, 0.1) is 77.6 Å². The van der Waals surface area contributed by atoms with Crippen LogP contribution in [-0.4, -0.2) is 81.3 Å². The first-order valence-electron chi connectivity index (χ1n) is 29.2. The number of aromatic nitrogens is 5. The number of unbranched alkanes of at least 4 members (excludes halogenated alkanes) is 7. The molecule has 26 heteroatoms. The molecule has 2 aliphatic heterocycles. The summed E-state index contributed by atoms with van der Waals surface area (Å²) in [5.41, 5.74) is 7.53. The van der Waals surface area contributed by atoms with Crippen LogP contribution in [0.25, 0.3) is 22.9 Å². The summed E-state index contributed by atoms with van der Waals surface area (Å²) in [5.74, 6) is -0.522. The molecule has 2 fully saturated rings. The lowest BCUT2D eigenvalue weighted by Gasteiger charge is -2.24. The number of Topliss-reactive ketones (excluding diaryl/α,β-unsaturated/α-hetero) is 1. The number of nitrogens with zero attached hydrogens (tertiary/aromatic N) is 8. The van der Waals surface area contributed by atoms with Gasteiger partial charge in [-0.25, -0.2) is 36.9 Å². The number of carbonyl (C=O) groups is 1. The van der Waals surface area contributed by atoms with E-state index < -0.39 is 50.4 Å². The number of nitriles is 2. The van der Waals surface area contributed by atoms with Crippen molar-refractivity contribution in [2.45, 2.75) is 171 Å². The van der Waals surface area contributed by atoms with E-state index in [1.165, 1.54) is 61.4 Å². The second kappa shape index (κ2) is 32.8.